The van der Waals surface area contributed by atoms with Crippen LogP contribution in [0, 0.1) is 6.92 Å². The van der Waals surface area contributed by atoms with Gasteiger partial charge in [0.05, 0.1) is 6.54 Å². The first-order valence-electron chi connectivity index (χ1n) is 9.77. The predicted octanol–water partition coefficient (Wildman–Crippen LogP) is 3.28. The number of anilines is 1. The average molecular weight is 413 g/mol. The molecule has 2 aromatic heterocycles. The molecule has 0 bridgehead atoms. The Morgan fingerprint density at radius 1 is 1.21 bits per heavy atom. The van der Waals surface area contributed by atoms with Crippen LogP contribution in [0.2, 0.25) is 0 Å². The van der Waals surface area contributed by atoms with Crippen LogP contribution in [0.15, 0.2) is 46.1 Å². The molecule has 8 nitrogen and oxygen atoms in total. The summed E-state index contributed by atoms with van der Waals surface area (Å²) >= 11 is 1.53. The Bertz CT molecular complexity index is 949. The molecule has 0 unspecified atom stereocenters. The number of aryl methyl sites for hydroxylation is 1. The Kier molecular flexibility index (Phi) is 6.26. The molecular formula is C20H24N6O2S. The highest BCUT2D eigenvalue weighted by Gasteiger charge is 2.19. The summed E-state index contributed by atoms with van der Waals surface area (Å²) in [6.45, 7) is 4.78. The summed E-state index contributed by atoms with van der Waals surface area (Å²) in [5, 5.41) is 16.2. The molecule has 0 spiro atoms. The first kappa shape index (κ1) is 19.7. The highest BCUT2D eigenvalue weighted by Crippen LogP contribution is 2.24. The van der Waals surface area contributed by atoms with Crippen molar-refractivity contribution in [2.75, 3.05) is 24.2 Å². The first-order valence-corrected chi connectivity index (χ1v) is 10.8. The maximum atomic E-state index is 12.1. The van der Waals surface area contributed by atoms with Gasteiger partial charge in [-0.3, -0.25) is 14.3 Å². The number of amides is 1. The van der Waals surface area contributed by atoms with Crippen LogP contribution in [-0.2, 0) is 11.3 Å². The van der Waals surface area contributed by atoms with E-state index in [0.717, 1.165) is 36.3 Å². The van der Waals surface area contributed by atoms with Crippen LogP contribution in [0.4, 0.5) is 5.82 Å². The van der Waals surface area contributed by atoms with Gasteiger partial charge in [-0.1, -0.05) is 35.1 Å². The standard InChI is InChI=1S/C20H24N6O2S/c1-15-13-17(24-28-15)21-19(27)9-12-29-20-23-22-18(14-25-10-5-6-11-25)26(20)16-7-3-2-4-8-16/h2-4,7-8,13H,5-6,9-12,14H2,1H3,(H,21,24,27). The molecule has 1 amide bonds. The molecule has 0 aliphatic carbocycles. The van der Waals surface area contributed by atoms with Gasteiger partial charge in [0, 0.05) is 23.9 Å². The topological polar surface area (TPSA) is 89.1 Å². The normalized spacial score (nSPS) is 14.4. The Morgan fingerprint density at radius 2 is 2.00 bits per heavy atom. The SMILES string of the molecule is Cc1cc(NC(=O)CCSc2nnc(CN3CCCC3)n2-c2ccccc2)no1. The minimum absolute atomic E-state index is 0.103. The second kappa shape index (κ2) is 9.23. The van der Waals surface area contributed by atoms with E-state index < -0.39 is 0 Å². The van der Waals surface area contributed by atoms with Crippen LogP contribution in [0.25, 0.3) is 5.69 Å². The molecule has 29 heavy (non-hydrogen) atoms. The molecule has 152 valence electrons. The van der Waals surface area contributed by atoms with Gasteiger partial charge in [-0.05, 0) is 45.0 Å². The number of benzene rings is 1. The Morgan fingerprint density at radius 3 is 2.72 bits per heavy atom. The van der Waals surface area contributed by atoms with E-state index in [0.29, 0.717) is 23.8 Å². The van der Waals surface area contributed by atoms with Crippen LogP contribution in [0.3, 0.4) is 0 Å². The fourth-order valence-corrected chi connectivity index (χ4v) is 4.25. The van der Waals surface area contributed by atoms with E-state index in [1.165, 1.54) is 24.6 Å². The zero-order valence-electron chi connectivity index (χ0n) is 16.4. The Balaban J connectivity index is 1.42. The van der Waals surface area contributed by atoms with Crippen molar-refractivity contribution in [2.45, 2.75) is 37.9 Å². The van der Waals surface area contributed by atoms with Gasteiger partial charge in [-0.25, -0.2) is 0 Å². The zero-order valence-corrected chi connectivity index (χ0v) is 17.2. The largest absolute Gasteiger partial charge is 0.360 e. The number of aromatic nitrogens is 4. The third kappa shape index (κ3) is 5.04. The number of likely N-dealkylation sites (tertiary alicyclic amines) is 1. The Hall–Kier alpha value is -2.65. The van der Waals surface area contributed by atoms with E-state index in [1.807, 2.05) is 18.2 Å². The van der Waals surface area contributed by atoms with Gasteiger partial charge in [0.15, 0.2) is 16.8 Å². The smallest absolute Gasteiger partial charge is 0.226 e. The molecule has 3 aromatic rings. The van der Waals surface area contributed by atoms with Gasteiger partial charge < -0.3 is 9.84 Å². The van der Waals surface area contributed by atoms with Crippen LogP contribution in [-0.4, -0.2) is 49.6 Å². The van der Waals surface area contributed by atoms with Gasteiger partial charge in [0.25, 0.3) is 0 Å². The van der Waals surface area contributed by atoms with Crippen molar-refractivity contribution in [2.24, 2.45) is 0 Å². The molecule has 9 heteroatoms. The van der Waals surface area contributed by atoms with Crippen molar-refractivity contribution in [3.63, 3.8) is 0 Å². The summed E-state index contributed by atoms with van der Waals surface area (Å²) in [7, 11) is 0. The molecule has 1 aliphatic rings. The number of hydrogen-bond donors (Lipinski definition) is 1. The van der Waals surface area contributed by atoms with Crippen LogP contribution >= 0.6 is 11.8 Å². The lowest BCUT2D eigenvalue weighted by Crippen LogP contribution is -2.21. The summed E-state index contributed by atoms with van der Waals surface area (Å²) in [6.07, 6.45) is 2.82. The minimum Gasteiger partial charge on any atom is -0.360 e. The third-order valence-corrected chi connectivity index (χ3v) is 5.66. The average Bonchev–Trinajstić information content (AvgIpc) is 3.46. The van der Waals surface area contributed by atoms with Crippen molar-refractivity contribution in [3.8, 4) is 5.69 Å². The van der Waals surface area contributed by atoms with Gasteiger partial charge in [-0.2, -0.15) is 0 Å². The van der Waals surface area contributed by atoms with E-state index in [1.54, 1.807) is 13.0 Å². The highest BCUT2D eigenvalue weighted by atomic mass is 32.2. The molecule has 4 rings (SSSR count). The Labute approximate surface area is 173 Å². The number of thioether (sulfide) groups is 1. The van der Waals surface area contributed by atoms with Crippen LogP contribution in [0.1, 0.15) is 30.8 Å². The van der Waals surface area contributed by atoms with Gasteiger partial charge in [0.2, 0.25) is 5.91 Å². The van der Waals surface area contributed by atoms with Crippen LogP contribution in [0.5, 0.6) is 0 Å². The van der Waals surface area contributed by atoms with E-state index in [4.69, 9.17) is 4.52 Å². The molecule has 1 aromatic carbocycles. The molecule has 0 saturated carbocycles. The predicted molar refractivity (Wildman–Crippen MR) is 111 cm³/mol. The maximum absolute atomic E-state index is 12.1. The molecule has 0 atom stereocenters. The summed E-state index contributed by atoms with van der Waals surface area (Å²) in [5.41, 5.74) is 1.04. The van der Waals surface area contributed by atoms with Crippen molar-refractivity contribution in [3.05, 3.63) is 48.0 Å². The zero-order chi connectivity index (χ0) is 20.1. The van der Waals surface area contributed by atoms with E-state index in [-0.39, 0.29) is 5.91 Å². The van der Waals surface area contributed by atoms with Crippen molar-refractivity contribution >= 4 is 23.5 Å². The molecule has 1 fully saturated rings. The van der Waals surface area contributed by atoms with Gasteiger partial charge in [0.1, 0.15) is 5.76 Å². The van der Waals surface area contributed by atoms with Crippen molar-refractivity contribution < 1.29 is 9.32 Å². The van der Waals surface area contributed by atoms with Crippen molar-refractivity contribution in [1.29, 1.82) is 0 Å². The summed E-state index contributed by atoms with van der Waals surface area (Å²) in [5.74, 6) is 2.53. The molecule has 3 heterocycles. The minimum atomic E-state index is -0.103. The van der Waals surface area contributed by atoms with Gasteiger partial charge in [-0.15, -0.1) is 10.2 Å². The molecule has 1 aliphatic heterocycles. The molecule has 0 radical (unpaired) electrons. The highest BCUT2D eigenvalue weighted by molar-refractivity contribution is 7.99. The molecule has 1 saturated heterocycles. The second-order valence-electron chi connectivity index (χ2n) is 7.02. The summed E-state index contributed by atoms with van der Waals surface area (Å²) < 4.78 is 7.06. The number of rotatable bonds is 8. The first-order chi connectivity index (χ1) is 14.2. The van der Waals surface area contributed by atoms with Crippen molar-refractivity contribution in [1.82, 2.24) is 24.8 Å². The summed E-state index contributed by atoms with van der Waals surface area (Å²) in [6, 6.07) is 11.8. The lowest BCUT2D eigenvalue weighted by atomic mass is 10.3. The lowest BCUT2D eigenvalue weighted by Gasteiger charge is -2.15. The number of carbonyl (C=O) groups excluding carboxylic acids is 1. The van der Waals surface area contributed by atoms with Gasteiger partial charge >= 0.3 is 0 Å². The molecular weight excluding hydrogens is 388 g/mol. The summed E-state index contributed by atoms with van der Waals surface area (Å²) in [4.78, 5) is 14.6. The van der Waals surface area contributed by atoms with Crippen LogP contribution < -0.4 is 5.32 Å². The number of carbonyl (C=O) groups is 1. The number of para-hydroxylation sites is 1. The monoisotopic (exact) mass is 412 g/mol. The number of nitrogens with zero attached hydrogens (tertiary/aromatic N) is 5. The van der Waals surface area contributed by atoms with E-state index in [2.05, 4.69) is 42.3 Å². The maximum Gasteiger partial charge on any atom is 0.226 e. The lowest BCUT2D eigenvalue weighted by molar-refractivity contribution is -0.115. The quantitative estimate of drug-likeness (QED) is 0.568. The molecule has 1 N–H and O–H groups in total. The van der Waals surface area contributed by atoms with E-state index in [9.17, 15) is 4.79 Å². The van der Waals surface area contributed by atoms with E-state index >= 15 is 0 Å². The number of hydrogen-bond acceptors (Lipinski definition) is 7. The fraction of sp³-hybridized carbons (Fsp3) is 0.400. The fourth-order valence-electron chi connectivity index (χ4n) is 3.34. The second-order valence-corrected chi connectivity index (χ2v) is 8.08. The third-order valence-electron chi connectivity index (χ3n) is 4.73. The number of nitrogens with one attached hydrogen (secondary N) is 1.